The standard InChI is InChI=1S/C12H11F3N4O/c13-12(14,15)9-3-1-2-4-10(9)19-7-8(5-11(19)20)6-17-18-16/h1-4,8H,5-7H2. The second-order valence-electron chi connectivity index (χ2n) is 4.50. The van der Waals surface area contributed by atoms with Crippen LogP contribution in [-0.2, 0) is 11.0 Å². The van der Waals surface area contributed by atoms with Gasteiger partial charge in [-0.2, -0.15) is 13.2 Å². The average molecular weight is 284 g/mol. The number of carbonyl (C=O) groups excluding carboxylic acids is 1. The molecule has 1 saturated heterocycles. The van der Waals surface area contributed by atoms with Gasteiger partial charge in [0, 0.05) is 24.4 Å². The van der Waals surface area contributed by atoms with Gasteiger partial charge in [-0.3, -0.25) is 4.79 Å². The summed E-state index contributed by atoms with van der Waals surface area (Å²) in [6, 6.07) is 4.96. The maximum atomic E-state index is 12.9. The van der Waals surface area contributed by atoms with Gasteiger partial charge >= 0.3 is 6.18 Å². The maximum Gasteiger partial charge on any atom is 0.418 e. The molecular weight excluding hydrogens is 273 g/mol. The molecule has 1 amide bonds. The number of azide groups is 1. The first-order valence-electron chi connectivity index (χ1n) is 5.91. The maximum absolute atomic E-state index is 12.9. The first-order chi connectivity index (χ1) is 9.43. The Morgan fingerprint density at radius 1 is 1.40 bits per heavy atom. The number of rotatable bonds is 3. The molecule has 1 fully saturated rings. The average Bonchev–Trinajstić information content (AvgIpc) is 2.76. The quantitative estimate of drug-likeness (QED) is 0.476. The largest absolute Gasteiger partial charge is 0.418 e. The number of benzene rings is 1. The highest BCUT2D eigenvalue weighted by Crippen LogP contribution is 2.38. The number of para-hydroxylation sites is 1. The van der Waals surface area contributed by atoms with Crippen LogP contribution in [0.3, 0.4) is 0 Å². The number of nitrogens with zero attached hydrogens (tertiary/aromatic N) is 4. The van der Waals surface area contributed by atoms with Crippen molar-refractivity contribution in [2.24, 2.45) is 11.0 Å². The van der Waals surface area contributed by atoms with Crippen LogP contribution >= 0.6 is 0 Å². The number of hydrogen-bond donors (Lipinski definition) is 0. The third-order valence-electron chi connectivity index (χ3n) is 3.11. The number of anilines is 1. The summed E-state index contributed by atoms with van der Waals surface area (Å²) in [5.74, 6) is -0.639. The van der Waals surface area contributed by atoms with Crippen LogP contribution in [0.2, 0.25) is 0 Å². The van der Waals surface area contributed by atoms with E-state index in [2.05, 4.69) is 10.0 Å². The smallest absolute Gasteiger partial charge is 0.312 e. The summed E-state index contributed by atoms with van der Waals surface area (Å²) < 4.78 is 38.8. The predicted octanol–water partition coefficient (Wildman–Crippen LogP) is 3.37. The van der Waals surface area contributed by atoms with E-state index in [-0.39, 0.29) is 37.0 Å². The number of amides is 1. The van der Waals surface area contributed by atoms with Gasteiger partial charge in [0.2, 0.25) is 5.91 Å². The van der Waals surface area contributed by atoms with E-state index in [1.54, 1.807) is 0 Å². The molecule has 8 heteroatoms. The zero-order valence-electron chi connectivity index (χ0n) is 10.3. The topological polar surface area (TPSA) is 69.1 Å². The van der Waals surface area contributed by atoms with Gasteiger partial charge in [0.15, 0.2) is 0 Å². The molecule has 20 heavy (non-hydrogen) atoms. The van der Waals surface area contributed by atoms with E-state index in [1.165, 1.54) is 18.2 Å². The van der Waals surface area contributed by atoms with E-state index in [4.69, 9.17) is 5.53 Å². The molecule has 1 unspecified atom stereocenters. The van der Waals surface area contributed by atoms with Crippen LogP contribution < -0.4 is 4.90 Å². The third-order valence-corrected chi connectivity index (χ3v) is 3.11. The van der Waals surface area contributed by atoms with Gasteiger partial charge in [-0.15, -0.1) is 0 Å². The molecule has 1 aliphatic heterocycles. The summed E-state index contributed by atoms with van der Waals surface area (Å²) in [5, 5.41) is 3.37. The zero-order valence-corrected chi connectivity index (χ0v) is 10.3. The Balaban J connectivity index is 2.29. The van der Waals surface area contributed by atoms with Crippen LogP contribution in [-0.4, -0.2) is 19.0 Å². The molecule has 0 saturated carbocycles. The molecule has 1 aromatic carbocycles. The second-order valence-corrected chi connectivity index (χ2v) is 4.50. The number of alkyl halides is 3. The van der Waals surface area contributed by atoms with Crippen molar-refractivity contribution in [3.05, 3.63) is 40.3 Å². The van der Waals surface area contributed by atoms with Crippen molar-refractivity contribution in [3.8, 4) is 0 Å². The van der Waals surface area contributed by atoms with E-state index in [0.717, 1.165) is 11.0 Å². The van der Waals surface area contributed by atoms with Crippen molar-refractivity contribution in [1.82, 2.24) is 0 Å². The van der Waals surface area contributed by atoms with Gasteiger partial charge in [0.1, 0.15) is 0 Å². The molecule has 1 heterocycles. The normalized spacial score (nSPS) is 19.1. The Morgan fingerprint density at radius 3 is 2.75 bits per heavy atom. The van der Waals surface area contributed by atoms with E-state index in [1.807, 2.05) is 0 Å². The van der Waals surface area contributed by atoms with E-state index in [9.17, 15) is 18.0 Å². The minimum atomic E-state index is -4.51. The summed E-state index contributed by atoms with van der Waals surface area (Å²) in [5.41, 5.74) is 7.26. The summed E-state index contributed by atoms with van der Waals surface area (Å²) >= 11 is 0. The Hall–Kier alpha value is -2.21. The van der Waals surface area contributed by atoms with Crippen LogP contribution in [0.25, 0.3) is 10.4 Å². The highest BCUT2D eigenvalue weighted by molar-refractivity contribution is 5.96. The SMILES string of the molecule is [N-]=[N+]=NCC1CC(=O)N(c2ccccc2C(F)(F)F)C1. The number of halogens is 3. The van der Waals surface area contributed by atoms with Crippen LogP contribution in [0.5, 0.6) is 0 Å². The molecule has 106 valence electrons. The highest BCUT2D eigenvalue weighted by atomic mass is 19.4. The minimum absolute atomic E-state index is 0.0885. The molecule has 2 rings (SSSR count). The lowest BCUT2D eigenvalue weighted by Gasteiger charge is -2.21. The van der Waals surface area contributed by atoms with Crippen LogP contribution in [0.15, 0.2) is 29.4 Å². The molecule has 0 aliphatic carbocycles. The lowest BCUT2D eigenvalue weighted by Crippen LogP contribution is -2.27. The monoisotopic (exact) mass is 284 g/mol. The van der Waals surface area contributed by atoms with Crippen molar-refractivity contribution in [1.29, 1.82) is 0 Å². The first kappa shape index (κ1) is 14.2. The molecular formula is C12H11F3N4O. The predicted molar refractivity (Wildman–Crippen MR) is 65.9 cm³/mol. The molecule has 0 spiro atoms. The number of hydrogen-bond acceptors (Lipinski definition) is 2. The van der Waals surface area contributed by atoms with E-state index in [0.29, 0.717) is 0 Å². The molecule has 0 N–H and O–H groups in total. The molecule has 5 nitrogen and oxygen atoms in total. The Bertz CT molecular complexity index is 566. The summed E-state index contributed by atoms with van der Waals surface area (Å²) in [7, 11) is 0. The lowest BCUT2D eigenvalue weighted by molar-refractivity contribution is -0.137. The van der Waals surface area contributed by atoms with E-state index >= 15 is 0 Å². The van der Waals surface area contributed by atoms with E-state index < -0.39 is 11.7 Å². The van der Waals surface area contributed by atoms with Crippen molar-refractivity contribution < 1.29 is 18.0 Å². The summed E-state index contributed by atoms with van der Waals surface area (Å²) in [6.45, 7) is 0.234. The molecule has 1 atom stereocenters. The fourth-order valence-corrected chi connectivity index (χ4v) is 2.24. The third kappa shape index (κ3) is 2.85. The second kappa shape index (κ2) is 5.42. The Labute approximate surface area is 112 Å². The molecule has 0 bridgehead atoms. The van der Waals surface area contributed by atoms with Crippen molar-refractivity contribution in [2.45, 2.75) is 12.6 Å². The van der Waals surface area contributed by atoms with Gasteiger partial charge in [0.25, 0.3) is 0 Å². The van der Waals surface area contributed by atoms with Crippen LogP contribution in [0, 0.1) is 5.92 Å². The van der Waals surface area contributed by atoms with Gasteiger partial charge in [-0.25, -0.2) is 0 Å². The molecule has 1 aliphatic rings. The molecule has 0 radical (unpaired) electrons. The highest BCUT2D eigenvalue weighted by Gasteiger charge is 2.38. The Morgan fingerprint density at radius 2 is 2.10 bits per heavy atom. The minimum Gasteiger partial charge on any atom is -0.312 e. The molecule has 1 aromatic rings. The molecule has 0 aromatic heterocycles. The van der Waals surface area contributed by atoms with Crippen molar-refractivity contribution in [2.75, 3.05) is 18.0 Å². The van der Waals surface area contributed by atoms with Gasteiger partial charge < -0.3 is 4.90 Å². The lowest BCUT2D eigenvalue weighted by atomic mass is 10.1. The van der Waals surface area contributed by atoms with Crippen LogP contribution in [0.4, 0.5) is 18.9 Å². The Kier molecular flexibility index (Phi) is 3.85. The van der Waals surface area contributed by atoms with Crippen molar-refractivity contribution in [3.63, 3.8) is 0 Å². The number of carbonyl (C=O) groups is 1. The first-order valence-corrected chi connectivity index (χ1v) is 5.91. The van der Waals surface area contributed by atoms with Gasteiger partial charge in [0.05, 0.1) is 11.3 Å². The zero-order chi connectivity index (χ0) is 14.8. The summed E-state index contributed by atoms with van der Waals surface area (Å²) in [4.78, 5) is 15.6. The van der Waals surface area contributed by atoms with Crippen molar-refractivity contribution >= 4 is 11.6 Å². The summed E-state index contributed by atoms with van der Waals surface area (Å²) in [6.07, 6.45) is -4.43. The van der Waals surface area contributed by atoms with Gasteiger partial charge in [-0.1, -0.05) is 17.2 Å². The van der Waals surface area contributed by atoms with Gasteiger partial charge in [-0.05, 0) is 23.6 Å². The fourth-order valence-electron chi connectivity index (χ4n) is 2.24. The van der Waals surface area contributed by atoms with Crippen LogP contribution in [0.1, 0.15) is 12.0 Å². The fraction of sp³-hybridized carbons (Fsp3) is 0.417.